The lowest BCUT2D eigenvalue weighted by molar-refractivity contribution is 0.0741. The molecule has 4 heterocycles. The standard InChI is InChI=1S/C27H28N8O.ClH/c1-17(2)26-31-24(29-20-8-7-19-16-28-33-22(19)14-20)15-25(32-26)34-9-11-35(12-10-34)27(36)23-13-18-5-3-4-6-21(18)30-23;/h3-8,13-17,30H,9-12H2,1-2H3,(H,28,33)(H,29,31,32);1H. The topological polar surface area (TPSA) is 106 Å². The van der Waals surface area contributed by atoms with Crippen LogP contribution in [-0.2, 0) is 0 Å². The average molecular weight is 517 g/mol. The number of amides is 1. The van der Waals surface area contributed by atoms with Crippen LogP contribution < -0.4 is 10.2 Å². The molecular weight excluding hydrogens is 488 g/mol. The van der Waals surface area contributed by atoms with Gasteiger partial charge in [0.15, 0.2) is 0 Å². The number of piperazine rings is 1. The molecule has 0 radical (unpaired) electrons. The summed E-state index contributed by atoms with van der Waals surface area (Å²) in [6, 6.07) is 17.9. The highest BCUT2D eigenvalue weighted by molar-refractivity contribution is 5.98. The van der Waals surface area contributed by atoms with Gasteiger partial charge in [-0.25, -0.2) is 9.97 Å². The molecule has 0 aliphatic carbocycles. The number of benzene rings is 2. The Labute approximate surface area is 220 Å². The minimum atomic E-state index is 0. The summed E-state index contributed by atoms with van der Waals surface area (Å²) in [6.07, 6.45) is 1.81. The fraction of sp³-hybridized carbons (Fsp3) is 0.259. The first kappa shape index (κ1) is 24.6. The molecule has 0 unspecified atom stereocenters. The molecule has 1 aliphatic heterocycles. The van der Waals surface area contributed by atoms with Crippen molar-refractivity contribution in [3.63, 3.8) is 0 Å². The number of fused-ring (bicyclic) bond motifs is 2. The normalized spacial score (nSPS) is 13.8. The number of carbonyl (C=O) groups is 1. The number of H-pyrrole nitrogens is 2. The van der Waals surface area contributed by atoms with Gasteiger partial charge in [0.1, 0.15) is 23.2 Å². The zero-order valence-corrected chi connectivity index (χ0v) is 21.5. The van der Waals surface area contributed by atoms with Crippen molar-refractivity contribution in [2.75, 3.05) is 36.4 Å². The van der Waals surface area contributed by atoms with E-state index in [0.29, 0.717) is 31.9 Å². The summed E-state index contributed by atoms with van der Waals surface area (Å²) in [4.78, 5) is 30.1. The number of nitrogens with one attached hydrogen (secondary N) is 3. The molecule has 2 aromatic carbocycles. The Morgan fingerprint density at radius 3 is 2.54 bits per heavy atom. The number of hydrogen-bond acceptors (Lipinski definition) is 6. The first-order valence-electron chi connectivity index (χ1n) is 12.2. The summed E-state index contributed by atoms with van der Waals surface area (Å²) in [5.41, 5.74) is 3.51. The average Bonchev–Trinajstić information content (AvgIpc) is 3.55. The number of halogens is 1. The van der Waals surface area contributed by atoms with Crippen LogP contribution in [0.3, 0.4) is 0 Å². The quantitative estimate of drug-likeness (QED) is 0.300. The maximum atomic E-state index is 13.1. The van der Waals surface area contributed by atoms with Crippen LogP contribution in [0.25, 0.3) is 21.8 Å². The molecule has 0 bridgehead atoms. The number of carbonyl (C=O) groups excluding carboxylic acids is 1. The zero-order chi connectivity index (χ0) is 24.6. The number of hydrogen-bond donors (Lipinski definition) is 3. The summed E-state index contributed by atoms with van der Waals surface area (Å²) in [6.45, 7) is 6.87. The van der Waals surface area contributed by atoms with Crippen LogP contribution >= 0.6 is 12.4 Å². The second-order valence-corrected chi connectivity index (χ2v) is 9.47. The van der Waals surface area contributed by atoms with Gasteiger partial charge in [0.05, 0.1) is 11.7 Å². The molecular formula is C27H29ClN8O. The number of aromatic nitrogens is 5. The van der Waals surface area contributed by atoms with E-state index in [-0.39, 0.29) is 24.2 Å². The minimum absolute atomic E-state index is 0. The van der Waals surface area contributed by atoms with Gasteiger partial charge >= 0.3 is 0 Å². The summed E-state index contributed by atoms with van der Waals surface area (Å²) < 4.78 is 0. The van der Waals surface area contributed by atoms with Crippen molar-refractivity contribution in [3.8, 4) is 0 Å². The van der Waals surface area contributed by atoms with Crippen LogP contribution in [0.1, 0.15) is 36.1 Å². The fourth-order valence-corrected chi connectivity index (χ4v) is 4.60. The van der Waals surface area contributed by atoms with E-state index < -0.39 is 0 Å². The van der Waals surface area contributed by atoms with Crippen molar-refractivity contribution in [1.82, 2.24) is 30.0 Å². The van der Waals surface area contributed by atoms with Crippen molar-refractivity contribution in [2.24, 2.45) is 0 Å². The molecule has 3 N–H and O–H groups in total. The largest absolute Gasteiger partial charge is 0.353 e. The molecule has 3 aromatic heterocycles. The third kappa shape index (κ3) is 4.95. The van der Waals surface area contributed by atoms with Crippen molar-refractivity contribution >= 4 is 57.4 Å². The summed E-state index contributed by atoms with van der Waals surface area (Å²) in [5, 5.41) is 12.6. The lowest BCUT2D eigenvalue weighted by Crippen LogP contribution is -2.49. The molecule has 6 rings (SSSR count). The Balaban J connectivity index is 0.00000280. The molecule has 190 valence electrons. The first-order chi connectivity index (χ1) is 17.5. The van der Waals surface area contributed by atoms with Crippen molar-refractivity contribution in [3.05, 3.63) is 72.3 Å². The number of anilines is 3. The van der Waals surface area contributed by atoms with Crippen molar-refractivity contribution < 1.29 is 4.79 Å². The van der Waals surface area contributed by atoms with E-state index in [0.717, 1.165) is 45.0 Å². The van der Waals surface area contributed by atoms with Gasteiger partial charge in [-0.3, -0.25) is 9.89 Å². The Bertz CT molecular complexity index is 1520. The molecule has 10 heteroatoms. The molecule has 1 aliphatic rings. The van der Waals surface area contributed by atoms with Crippen molar-refractivity contribution in [1.29, 1.82) is 0 Å². The lowest BCUT2D eigenvalue weighted by atomic mass is 10.2. The van der Waals surface area contributed by atoms with E-state index >= 15 is 0 Å². The Kier molecular flexibility index (Phi) is 6.71. The SMILES string of the molecule is CC(C)c1nc(Nc2ccc3cn[nH]c3c2)cc(N2CCN(C(=O)c3cc4ccccc4[nH]3)CC2)n1.Cl. The minimum Gasteiger partial charge on any atom is -0.353 e. The predicted octanol–water partition coefficient (Wildman–Crippen LogP) is 5.09. The third-order valence-corrected chi connectivity index (χ3v) is 6.61. The van der Waals surface area contributed by atoms with E-state index in [1.165, 1.54) is 0 Å². The predicted molar refractivity (Wildman–Crippen MR) is 149 cm³/mol. The molecule has 5 aromatic rings. The smallest absolute Gasteiger partial charge is 0.270 e. The van der Waals surface area contributed by atoms with E-state index in [2.05, 4.69) is 39.2 Å². The summed E-state index contributed by atoms with van der Waals surface area (Å²) in [7, 11) is 0. The molecule has 1 fully saturated rings. The molecule has 37 heavy (non-hydrogen) atoms. The van der Waals surface area contributed by atoms with Gasteiger partial charge in [-0.05, 0) is 30.3 Å². The highest BCUT2D eigenvalue weighted by atomic mass is 35.5. The molecule has 0 spiro atoms. The van der Waals surface area contributed by atoms with E-state index in [9.17, 15) is 4.79 Å². The Morgan fingerprint density at radius 2 is 1.76 bits per heavy atom. The van der Waals surface area contributed by atoms with Gasteiger partial charge in [-0.15, -0.1) is 12.4 Å². The van der Waals surface area contributed by atoms with Crippen molar-refractivity contribution in [2.45, 2.75) is 19.8 Å². The number of rotatable bonds is 5. The van der Waals surface area contributed by atoms with E-state index in [1.807, 2.05) is 59.5 Å². The summed E-state index contributed by atoms with van der Waals surface area (Å²) in [5.74, 6) is 2.63. The zero-order valence-electron chi connectivity index (χ0n) is 20.7. The highest BCUT2D eigenvalue weighted by Gasteiger charge is 2.25. The molecule has 1 amide bonds. The number of nitrogens with zero attached hydrogens (tertiary/aromatic N) is 5. The van der Waals surface area contributed by atoms with Gasteiger partial charge in [-0.2, -0.15) is 5.10 Å². The van der Waals surface area contributed by atoms with Crippen LogP contribution in [0.2, 0.25) is 0 Å². The molecule has 0 atom stereocenters. The van der Waals surface area contributed by atoms with Gasteiger partial charge in [0, 0.05) is 60.1 Å². The maximum absolute atomic E-state index is 13.1. The summed E-state index contributed by atoms with van der Waals surface area (Å²) >= 11 is 0. The maximum Gasteiger partial charge on any atom is 0.270 e. The Morgan fingerprint density at radius 1 is 0.946 bits per heavy atom. The van der Waals surface area contributed by atoms with Crippen LogP contribution in [0.5, 0.6) is 0 Å². The lowest BCUT2D eigenvalue weighted by Gasteiger charge is -2.35. The van der Waals surface area contributed by atoms with Crippen LogP contribution in [0, 0.1) is 0 Å². The third-order valence-electron chi connectivity index (χ3n) is 6.61. The second kappa shape index (κ2) is 10.1. The van der Waals surface area contributed by atoms with Gasteiger partial charge in [0.2, 0.25) is 0 Å². The fourth-order valence-electron chi connectivity index (χ4n) is 4.60. The molecule has 9 nitrogen and oxygen atoms in total. The monoisotopic (exact) mass is 516 g/mol. The van der Waals surface area contributed by atoms with Crippen LogP contribution in [0.15, 0.2) is 60.8 Å². The molecule has 0 saturated carbocycles. The Hall–Kier alpha value is -4.11. The second-order valence-electron chi connectivity index (χ2n) is 9.47. The van der Waals surface area contributed by atoms with E-state index in [4.69, 9.17) is 9.97 Å². The van der Waals surface area contributed by atoms with Gasteiger partial charge in [0.25, 0.3) is 5.91 Å². The molecule has 1 saturated heterocycles. The highest BCUT2D eigenvalue weighted by Crippen LogP contribution is 2.26. The number of aromatic amines is 2. The van der Waals surface area contributed by atoms with Gasteiger partial charge in [-0.1, -0.05) is 32.0 Å². The van der Waals surface area contributed by atoms with Crippen LogP contribution in [-0.4, -0.2) is 62.1 Å². The van der Waals surface area contributed by atoms with E-state index in [1.54, 1.807) is 6.20 Å². The van der Waals surface area contributed by atoms with Gasteiger partial charge < -0.3 is 20.1 Å². The first-order valence-corrected chi connectivity index (χ1v) is 12.2. The number of para-hydroxylation sites is 1. The van der Waals surface area contributed by atoms with Crippen LogP contribution in [0.4, 0.5) is 17.3 Å².